The number of pyridine rings is 1. The third kappa shape index (κ3) is 3.16. The number of hydrogen-bond donors (Lipinski definition) is 3. The summed E-state index contributed by atoms with van der Waals surface area (Å²) < 4.78 is 10.4. The summed E-state index contributed by atoms with van der Waals surface area (Å²) in [6, 6.07) is 9.43. The molecule has 2 aromatic carbocycles. The molecule has 3 N–H and O–H groups in total. The zero-order chi connectivity index (χ0) is 18.8. The molecule has 7 nitrogen and oxygen atoms in total. The van der Waals surface area contributed by atoms with E-state index >= 15 is 0 Å². The van der Waals surface area contributed by atoms with Crippen molar-refractivity contribution in [3.05, 3.63) is 57.3 Å². The van der Waals surface area contributed by atoms with E-state index in [2.05, 4.69) is 10.3 Å². The quantitative estimate of drug-likeness (QED) is 0.651. The summed E-state index contributed by atoms with van der Waals surface area (Å²) in [5.41, 5.74) is -0.440. The first-order chi connectivity index (χ1) is 12.4. The zero-order valence-corrected chi connectivity index (χ0v) is 14.7. The van der Waals surface area contributed by atoms with Gasteiger partial charge in [0.2, 0.25) is 0 Å². The van der Waals surface area contributed by atoms with E-state index in [1.54, 1.807) is 18.2 Å². The summed E-state index contributed by atoms with van der Waals surface area (Å²) in [4.78, 5) is 27.4. The Morgan fingerprint density at radius 3 is 2.50 bits per heavy atom. The van der Waals surface area contributed by atoms with Crippen LogP contribution in [0.3, 0.4) is 0 Å². The van der Waals surface area contributed by atoms with E-state index in [9.17, 15) is 14.7 Å². The molecular weight excluding hydrogens is 360 g/mol. The molecule has 0 saturated carbocycles. The lowest BCUT2D eigenvalue weighted by atomic mass is 10.1. The van der Waals surface area contributed by atoms with Crippen LogP contribution in [-0.2, 0) is 0 Å². The number of anilines is 1. The molecule has 0 aliphatic carbocycles. The Bertz CT molecular complexity index is 1060. The lowest BCUT2D eigenvalue weighted by molar-refractivity contribution is 0.102. The molecule has 8 heteroatoms. The second-order valence-corrected chi connectivity index (χ2v) is 5.83. The first-order valence-electron chi connectivity index (χ1n) is 7.52. The molecule has 0 aliphatic rings. The summed E-state index contributed by atoms with van der Waals surface area (Å²) in [6.07, 6.45) is 0. The standard InChI is InChI=1S/C18H15ClN2O5/c1-25-13-7-11-12(8-14(13)26-2)21-18(24)15(16(11)22)17(23)20-10-5-3-4-9(19)6-10/h3-8H,1-2H3,(H,20,23)(H2,21,22,24). The molecule has 1 amide bonds. The number of hydrogen-bond acceptors (Lipinski definition) is 5. The highest BCUT2D eigenvalue weighted by molar-refractivity contribution is 6.31. The lowest BCUT2D eigenvalue weighted by Gasteiger charge is -2.12. The van der Waals surface area contributed by atoms with E-state index in [1.807, 2.05) is 0 Å². The second kappa shape index (κ2) is 6.97. The molecule has 0 aliphatic heterocycles. The van der Waals surface area contributed by atoms with E-state index in [0.717, 1.165) is 0 Å². The number of benzene rings is 2. The Balaban J connectivity index is 2.11. The molecule has 0 spiro atoms. The molecule has 26 heavy (non-hydrogen) atoms. The molecule has 0 saturated heterocycles. The lowest BCUT2D eigenvalue weighted by Crippen LogP contribution is -2.23. The first kappa shape index (κ1) is 17.6. The molecule has 0 unspecified atom stereocenters. The number of amides is 1. The number of fused-ring (bicyclic) bond motifs is 1. The van der Waals surface area contributed by atoms with Crippen LogP contribution in [0.2, 0.25) is 5.02 Å². The van der Waals surface area contributed by atoms with Crippen molar-refractivity contribution in [1.29, 1.82) is 0 Å². The monoisotopic (exact) mass is 374 g/mol. The van der Waals surface area contributed by atoms with Gasteiger partial charge in [0, 0.05) is 22.2 Å². The van der Waals surface area contributed by atoms with Crippen molar-refractivity contribution >= 4 is 34.1 Å². The van der Waals surface area contributed by atoms with Crippen LogP contribution in [0.4, 0.5) is 5.69 Å². The predicted octanol–water partition coefficient (Wildman–Crippen LogP) is 3.16. The topological polar surface area (TPSA) is 101 Å². The number of rotatable bonds is 4. The minimum absolute atomic E-state index is 0.249. The SMILES string of the molecule is COc1cc2[nH]c(=O)c(C(=O)Nc3cccc(Cl)c3)c(O)c2cc1OC. The van der Waals surface area contributed by atoms with Crippen LogP contribution in [0.15, 0.2) is 41.2 Å². The third-order valence-corrected chi connectivity index (χ3v) is 4.04. The van der Waals surface area contributed by atoms with Gasteiger partial charge in [-0.2, -0.15) is 0 Å². The van der Waals surface area contributed by atoms with Gasteiger partial charge in [-0.3, -0.25) is 9.59 Å². The Hall–Kier alpha value is -3.19. The first-order valence-corrected chi connectivity index (χ1v) is 7.90. The van der Waals surface area contributed by atoms with E-state index in [0.29, 0.717) is 27.7 Å². The number of aromatic amines is 1. The number of aromatic hydroxyl groups is 1. The summed E-state index contributed by atoms with van der Waals surface area (Å²) in [7, 11) is 2.90. The molecule has 0 atom stereocenters. The Morgan fingerprint density at radius 1 is 1.15 bits per heavy atom. The third-order valence-electron chi connectivity index (χ3n) is 3.80. The van der Waals surface area contributed by atoms with Crippen molar-refractivity contribution in [2.24, 2.45) is 0 Å². The number of nitrogens with one attached hydrogen (secondary N) is 2. The molecule has 0 bridgehead atoms. The number of H-pyrrole nitrogens is 1. The maximum absolute atomic E-state index is 12.5. The molecular formula is C18H15ClN2O5. The number of aromatic nitrogens is 1. The average molecular weight is 375 g/mol. The minimum atomic E-state index is -0.761. The number of carbonyl (C=O) groups excluding carboxylic acids is 1. The van der Waals surface area contributed by atoms with Crippen LogP contribution >= 0.6 is 11.6 Å². The molecule has 1 aromatic heterocycles. The fraction of sp³-hybridized carbons (Fsp3) is 0.111. The molecule has 0 radical (unpaired) electrons. The van der Waals surface area contributed by atoms with Gasteiger partial charge in [-0.1, -0.05) is 17.7 Å². The normalized spacial score (nSPS) is 10.6. The maximum atomic E-state index is 12.5. The number of halogens is 1. The van der Waals surface area contributed by atoms with Crippen LogP contribution in [-0.4, -0.2) is 30.2 Å². The minimum Gasteiger partial charge on any atom is -0.506 e. The van der Waals surface area contributed by atoms with Crippen LogP contribution in [0.5, 0.6) is 17.2 Å². The van der Waals surface area contributed by atoms with Crippen LogP contribution < -0.4 is 20.3 Å². The fourth-order valence-corrected chi connectivity index (χ4v) is 2.77. The summed E-state index contributed by atoms with van der Waals surface area (Å²) in [5.74, 6) is -0.485. The van der Waals surface area contributed by atoms with Crippen LogP contribution in [0.1, 0.15) is 10.4 Å². The van der Waals surface area contributed by atoms with Crippen molar-refractivity contribution in [3.8, 4) is 17.2 Å². The van der Waals surface area contributed by atoms with Crippen molar-refractivity contribution in [2.45, 2.75) is 0 Å². The number of methoxy groups -OCH3 is 2. The van der Waals surface area contributed by atoms with Gasteiger partial charge in [-0.25, -0.2) is 0 Å². The highest BCUT2D eigenvalue weighted by Gasteiger charge is 2.21. The van der Waals surface area contributed by atoms with Crippen molar-refractivity contribution < 1.29 is 19.4 Å². The molecule has 134 valence electrons. The predicted molar refractivity (Wildman–Crippen MR) is 98.7 cm³/mol. The van der Waals surface area contributed by atoms with Gasteiger partial charge in [-0.05, 0) is 24.3 Å². The molecule has 0 fully saturated rings. The van der Waals surface area contributed by atoms with E-state index in [1.165, 1.54) is 32.4 Å². The second-order valence-electron chi connectivity index (χ2n) is 5.39. The van der Waals surface area contributed by atoms with Crippen molar-refractivity contribution in [2.75, 3.05) is 19.5 Å². The van der Waals surface area contributed by atoms with Gasteiger partial charge in [0.1, 0.15) is 11.3 Å². The van der Waals surface area contributed by atoms with E-state index in [-0.39, 0.29) is 5.39 Å². The summed E-state index contributed by atoms with van der Waals surface area (Å²) >= 11 is 5.88. The van der Waals surface area contributed by atoms with Gasteiger partial charge in [0.15, 0.2) is 11.5 Å². The van der Waals surface area contributed by atoms with E-state index < -0.39 is 22.8 Å². The van der Waals surface area contributed by atoms with Crippen LogP contribution in [0.25, 0.3) is 10.9 Å². The van der Waals surface area contributed by atoms with Crippen LogP contribution in [0, 0.1) is 0 Å². The smallest absolute Gasteiger partial charge is 0.265 e. The Kier molecular flexibility index (Phi) is 4.73. The van der Waals surface area contributed by atoms with Crippen molar-refractivity contribution in [1.82, 2.24) is 4.98 Å². The zero-order valence-electron chi connectivity index (χ0n) is 13.9. The highest BCUT2D eigenvalue weighted by Crippen LogP contribution is 2.35. The van der Waals surface area contributed by atoms with Gasteiger partial charge in [0.25, 0.3) is 11.5 Å². The Morgan fingerprint density at radius 2 is 1.85 bits per heavy atom. The number of carbonyl (C=O) groups is 1. The van der Waals surface area contributed by atoms with Gasteiger partial charge >= 0.3 is 0 Å². The molecule has 1 heterocycles. The molecule has 3 rings (SSSR count). The van der Waals surface area contributed by atoms with Crippen molar-refractivity contribution in [3.63, 3.8) is 0 Å². The summed E-state index contributed by atoms with van der Waals surface area (Å²) in [5, 5.41) is 13.7. The maximum Gasteiger partial charge on any atom is 0.265 e. The van der Waals surface area contributed by atoms with Gasteiger partial charge in [0.05, 0.1) is 19.7 Å². The molecule has 3 aromatic rings. The fourth-order valence-electron chi connectivity index (χ4n) is 2.58. The average Bonchev–Trinajstić information content (AvgIpc) is 2.60. The van der Waals surface area contributed by atoms with Gasteiger partial charge in [-0.15, -0.1) is 0 Å². The largest absolute Gasteiger partial charge is 0.506 e. The van der Waals surface area contributed by atoms with Gasteiger partial charge < -0.3 is 24.9 Å². The van der Waals surface area contributed by atoms with E-state index in [4.69, 9.17) is 21.1 Å². The number of ether oxygens (including phenoxy) is 2. The summed E-state index contributed by atoms with van der Waals surface area (Å²) in [6.45, 7) is 0. The Labute approximate surface area is 153 Å². The highest BCUT2D eigenvalue weighted by atomic mass is 35.5.